The normalized spacial score (nSPS) is 18.1. The van der Waals surface area contributed by atoms with E-state index < -0.39 is 0 Å². The summed E-state index contributed by atoms with van der Waals surface area (Å²) in [5, 5.41) is 0. The first-order valence-electron chi connectivity index (χ1n) is 10.3. The summed E-state index contributed by atoms with van der Waals surface area (Å²) in [5.74, 6) is 2.68. The predicted octanol–water partition coefficient (Wildman–Crippen LogP) is 3.92. The number of halogens is 1. The molecule has 1 amide bonds. The number of benzene rings is 1. The van der Waals surface area contributed by atoms with E-state index in [2.05, 4.69) is 16.5 Å². The Bertz CT molecular complexity index is 806. The molecule has 2 aromatic rings. The van der Waals surface area contributed by atoms with E-state index in [0.29, 0.717) is 17.6 Å². The van der Waals surface area contributed by atoms with Crippen molar-refractivity contribution in [2.45, 2.75) is 51.5 Å². The van der Waals surface area contributed by atoms with Gasteiger partial charge in [-0.05, 0) is 62.8 Å². The third-order valence-corrected chi connectivity index (χ3v) is 6.14. The molecule has 4 rings (SSSR count). The average Bonchev–Trinajstić information content (AvgIpc) is 3.01. The van der Waals surface area contributed by atoms with Crippen LogP contribution in [0.4, 0.5) is 4.39 Å². The molecule has 1 saturated heterocycles. The van der Waals surface area contributed by atoms with Gasteiger partial charge in [0.1, 0.15) is 17.4 Å². The molecule has 5 nitrogen and oxygen atoms in total. The van der Waals surface area contributed by atoms with Crippen LogP contribution in [0.5, 0.6) is 5.75 Å². The highest BCUT2D eigenvalue weighted by Crippen LogP contribution is 2.36. The number of rotatable bonds is 6. The van der Waals surface area contributed by atoms with Crippen molar-refractivity contribution in [3.05, 3.63) is 47.8 Å². The molecular formula is C22H28FN3O2. The van der Waals surface area contributed by atoms with E-state index in [1.807, 2.05) is 11.1 Å². The maximum absolute atomic E-state index is 12.9. The summed E-state index contributed by atoms with van der Waals surface area (Å²) >= 11 is 0. The van der Waals surface area contributed by atoms with E-state index in [0.717, 1.165) is 32.5 Å². The summed E-state index contributed by atoms with van der Waals surface area (Å²) in [6.07, 6.45) is 7.85. The lowest BCUT2D eigenvalue weighted by molar-refractivity contribution is -0.134. The van der Waals surface area contributed by atoms with Gasteiger partial charge in [0.2, 0.25) is 0 Å². The Balaban J connectivity index is 1.26. The van der Waals surface area contributed by atoms with Gasteiger partial charge in [-0.25, -0.2) is 9.37 Å². The molecule has 0 unspecified atom stereocenters. The Hall–Kier alpha value is -2.37. The molecule has 1 aromatic carbocycles. The lowest BCUT2D eigenvalue weighted by Crippen LogP contribution is -2.41. The smallest absolute Gasteiger partial charge is 0.260 e. The van der Waals surface area contributed by atoms with Crippen LogP contribution in [0.3, 0.4) is 0 Å². The highest BCUT2D eigenvalue weighted by atomic mass is 19.1. The molecule has 150 valence electrons. The largest absolute Gasteiger partial charge is 0.484 e. The number of carbonyl (C=O) groups excluding carboxylic acids is 1. The van der Waals surface area contributed by atoms with Crippen molar-refractivity contribution in [1.29, 1.82) is 0 Å². The molecule has 2 aliphatic rings. The maximum Gasteiger partial charge on any atom is 0.260 e. The van der Waals surface area contributed by atoms with Crippen LogP contribution >= 0.6 is 0 Å². The van der Waals surface area contributed by atoms with Gasteiger partial charge in [0.05, 0.1) is 0 Å². The van der Waals surface area contributed by atoms with Gasteiger partial charge < -0.3 is 14.2 Å². The number of aromatic nitrogens is 2. The second-order valence-electron chi connectivity index (χ2n) is 8.06. The quantitative estimate of drug-likeness (QED) is 0.757. The number of carbonyl (C=O) groups is 1. The molecule has 0 bridgehead atoms. The summed E-state index contributed by atoms with van der Waals surface area (Å²) in [7, 11) is 0. The van der Waals surface area contributed by atoms with Gasteiger partial charge in [0.15, 0.2) is 6.61 Å². The molecule has 1 saturated carbocycles. The van der Waals surface area contributed by atoms with Crippen molar-refractivity contribution in [3.63, 3.8) is 0 Å². The molecule has 1 aliphatic heterocycles. The van der Waals surface area contributed by atoms with Crippen molar-refractivity contribution in [1.82, 2.24) is 14.5 Å². The first kappa shape index (κ1) is 19.0. The van der Waals surface area contributed by atoms with Crippen molar-refractivity contribution in [2.75, 3.05) is 19.7 Å². The molecule has 28 heavy (non-hydrogen) atoms. The maximum atomic E-state index is 12.9. The highest BCUT2D eigenvalue weighted by molar-refractivity contribution is 5.77. The van der Waals surface area contributed by atoms with E-state index >= 15 is 0 Å². The molecule has 0 radical (unpaired) electrons. The van der Waals surface area contributed by atoms with E-state index in [-0.39, 0.29) is 18.3 Å². The van der Waals surface area contributed by atoms with Gasteiger partial charge >= 0.3 is 0 Å². The second kappa shape index (κ2) is 8.33. The van der Waals surface area contributed by atoms with Gasteiger partial charge in [0, 0.05) is 37.4 Å². The van der Waals surface area contributed by atoms with Crippen molar-refractivity contribution < 1.29 is 13.9 Å². The fourth-order valence-corrected chi connectivity index (χ4v) is 4.10. The Morgan fingerprint density at radius 2 is 1.89 bits per heavy atom. The first-order valence-corrected chi connectivity index (χ1v) is 10.3. The number of piperidine rings is 1. The van der Waals surface area contributed by atoms with Crippen molar-refractivity contribution in [3.8, 4) is 5.75 Å². The topological polar surface area (TPSA) is 47.4 Å². The molecule has 0 atom stereocenters. The summed E-state index contributed by atoms with van der Waals surface area (Å²) in [4.78, 5) is 19.0. The minimum atomic E-state index is -0.311. The van der Waals surface area contributed by atoms with Crippen LogP contribution in [0.15, 0.2) is 30.5 Å². The Kier molecular flexibility index (Phi) is 5.64. The van der Waals surface area contributed by atoms with Crippen LogP contribution in [-0.4, -0.2) is 40.1 Å². The standard InChI is InChI=1S/C22H28FN3O2/c1-16-13-24-22(18-3-2-4-18)26(16)14-17-9-11-25(12-10-17)21(27)15-28-20-7-5-19(23)6-8-20/h5-8,13,17-18H,2-4,9-12,14-15H2,1H3. The second-order valence-corrected chi connectivity index (χ2v) is 8.06. The molecule has 1 aromatic heterocycles. The zero-order chi connectivity index (χ0) is 19.5. The van der Waals surface area contributed by atoms with Crippen LogP contribution in [0.2, 0.25) is 0 Å². The summed E-state index contributed by atoms with van der Waals surface area (Å²) < 4.78 is 20.8. The third-order valence-electron chi connectivity index (χ3n) is 6.14. The zero-order valence-electron chi connectivity index (χ0n) is 16.4. The number of aryl methyl sites for hydroxylation is 1. The van der Waals surface area contributed by atoms with Crippen LogP contribution < -0.4 is 4.74 Å². The van der Waals surface area contributed by atoms with E-state index in [4.69, 9.17) is 4.74 Å². The molecule has 6 heteroatoms. The number of imidazole rings is 1. The third kappa shape index (κ3) is 4.21. The fraction of sp³-hybridized carbons (Fsp3) is 0.545. The predicted molar refractivity (Wildman–Crippen MR) is 105 cm³/mol. The molecule has 2 heterocycles. The van der Waals surface area contributed by atoms with E-state index in [9.17, 15) is 9.18 Å². The molecule has 0 N–H and O–H groups in total. The lowest BCUT2D eigenvalue weighted by atomic mass is 9.84. The monoisotopic (exact) mass is 385 g/mol. The zero-order valence-corrected chi connectivity index (χ0v) is 16.4. The van der Waals surface area contributed by atoms with Crippen molar-refractivity contribution >= 4 is 5.91 Å². The number of likely N-dealkylation sites (tertiary alicyclic amines) is 1. The average molecular weight is 385 g/mol. The number of amides is 1. The number of nitrogens with zero attached hydrogens (tertiary/aromatic N) is 3. The Labute approximate surface area is 165 Å². The van der Waals surface area contributed by atoms with E-state index in [1.54, 1.807) is 12.1 Å². The number of ether oxygens (including phenoxy) is 1. The lowest BCUT2D eigenvalue weighted by Gasteiger charge is -2.33. The van der Waals surface area contributed by atoms with Crippen molar-refractivity contribution in [2.24, 2.45) is 5.92 Å². The summed E-state index contributed by atoms with van der Waals surface area (Å²) in [5.41, 5.74) is 1.24. The van der Waals surface area contributed by atoms with Crippen LogP contribution in [0.25, 0.3) is 0 Å². The van der Waals surface area contributed by atoms with Crippen LogP contribution in [0, 0.1) is 18.7 Å². The first-order chi connectivity index (χ1) is 13.6. The van der Waals surface area contributed by atoms with Crippen LogP contribution in [0.1, 0.15) is 49.5 Å². The summed E-state index contributed by atoms with van der Waals surface area (Å²) in [6.45, 7) is 4.68. The van der Waals surface area contributed by atoms with Gasteiger partial charge in [-0.2, -0.15) is 0 Å². The minimum absolute atomic E-state index is 0.00273. The van der Waals surface area contributed by atoms with E-state index in [1.165, 1.54) is 42.9 Å². The highest BCUT2D eigenvalue weighted by Gasteiger charge is 2.28. The minimum Gasteiger partial charge on any atom is -0.484 e. The number of hydrogen-bond donors (Lipinski definition) is 0. The summed E-state index contributed by atoms with van der Waals surface area (Å²) in [6, 6.07) is 5.76. The van der Waals surface area contributed by atoms with Gasteiger partial charge in [-0.3, -0.25) is 4.79 Å². The number of hydrogen-bond acceptors (Lipinski definition) is 3. The Morgan fingerprint density at radius 3 is 2.54 bits per heavy atom. The molecule has 1 aliphatic carbocycles. The molecule has 0 spiro atoms. The fourth-order valence-electron chi connectivity index (χ4n) is 4.10. The van der Waals surface area contributed by atoms with Crippen LogP contribution in [-0.2, 0) is 11.3 Å². The van der Waals surface area contributed by atoms with Gasteiger partial charge in [-0.15, -0.1) is 0 Å². The molecule has 2 fully saturated rings. The van der Waals surface area contributed by atoms with Gasteiger partial charge in [0.25, 0.3) is 5.91 Å². The Morgan fingerprint density at radius 1 is 1.18 bits per heavy atom. The molecular weight excluding hydrogens is 357 g/mol. The van der Waals surface area contributed by atoms with Gasteiger partial charge in [-0.1, -0.05) is 6.42 Å². The SMILES string of the molecule is Cc1cnc(C2CCC2)n1CC1CCN(C(=O)COc2ccc(F)cc2)CC1.